The van der Waals surface area contributed by atoms with E-state index in [0.29, 0.717) is 18.0 Å². The van der Waals surface area contributed by atoms with Gasteiger partial charge in [0.1, 0.15) is 0 Å². The van der Waals surface area contributed by atoms with Crippen LogP contribution in [0.15, 0.2) is 58.3 Å². The van der Waals surface area contributed by atoms with Crippen molar-refractivity contribution in [3.05, 3.63) is 54.1 Å². The van der Waals surface area contributed by atoms with Gasteiger partial charge < -0.3 is 5.32 Å². The van der Waals surface area contributed by atoms with E-state index < -0.39 is 10.0 Å². The number of rotatable bonds is 8. The first-order chi connectivity index (χ1) is 12.7. The average molecular weight is 407 g/mol. The van der Waals surface area contributed by atoms with Crippen LogP contribution < -0.4 is 10.0 Å². The molecule has 0 saturated carbocycles. The molecule has 0 unspecified atom stereocenters. The molecule has 0 aliphatic carbocycles. The fourth-order valence-corrected chi connectivity index (χ4v) is 4.60. The molecule has 27 heavy (non-hydrogen) atoms. The Labute approximate surface area is 166 Å². The van der Waals surface area contributed by atoms with Crippen molar-refractivity contribution in [2.24, 2.45) is 5.92 Å². The van der Waals surface area contributed by atoms with Gasteiger partial charge in [-0.3, -0.25) is 4.79 Å². The first kappa shape index (κ1) is 21.5. The summed E-state index contributed by atoms with van der Waals surface area (Å²) < 4.78 is 28.8. The number of thioether (sulfide) groups is 1. The van der Waals surface area contributed by atoms with E-state index in [-0.39, 0.29) is 16.8 Å². The maximum absolute atomic E-state index is 13.0. The lowest BCUT2D eigenvalue weighted by molar-refractivity contribution is -0.114. The Morgan fingerprint density at radius 2 is 1.78 bits per heavy atom. The standard InChI is InChI=1S/C20H26N2O3S2/c1-14(2)12-18(16-8-6-5-7-9-16)22-27(24,25)17-10-11-20(26-4)19(13-17)21-15(3)23/h5-11,13-14,18,22H,12H2,1-4H3,(H,21,23)/t18-/m1/s1. The molecule has 0 bridgehead atoms. The molecule has 2 aromatic rings. The predicted octanol–water partition coefficient (Wildman–Crippen LogP) is 4.43. The lowest BCUT2D eigenvalue weighted by Gasteiger charge is -2.21. The van der Waals surface area contributed by atoms with E-state index in [9.17, 15) is 13.2 Å². The number of carbonyl (C=O) groups excluding carboxylic acids is 1. The summed E-state index contributed by atoms with van der Waals surface area (Å²) in [4.78, 5) is 12.4. The van der Waals surface area contributed by atoms with Crippen LogP contribution in [0.5, 0.6) is 0 Å². The monoisotopic (exact) mass is 406 g/mol. The molecule has 0 fully saturated rings. The molecule has 5 nitrogen and oxygen atoms in total. The topological polar surface area (TPSA) is 75.3 Å². The van der Waals surface area contributed by atoms with Gasteiger partial charge in [0.15, 0.2) is 0 Å². The van der Waals surface area contributed by atoms with Crippen molar-refractivity contribution in [3.8, 4) is 0 Å². The first-order valence-electron chi connectivity index (χ1n) is 8.76. The van der Waals surface area contributed by atoms with Gasteiger partial charge in [-0.2, -0.15) is 0 Å². The normalized spacial score (nSPS) is 12.8. The summed E-state index contributed by atoms with van der Waals surface area (Å²) >= 11 is 1.45. The van der Waals surface area contributed by atoms with Crippen molar-refractivity contribution < 1.29 is 13.2 Å². The number of hydrogen-bond acceptors (Lipinski definition) is 4. The summed E-state index contributed by atoms with van der Waals surface area (Å²) in [5.41, 5.74) is 1.43. The van der Waals surface area contributed by atoms with Crippen LogP contribution in [0.3, 0.4) is 0 Å². The molecule has 0 heterocycles. The number of nitrogens with one attached hydrogen (secondary N) is 2. The number of carbonyl (C=O) groups is 1. The summed E-state index contributed by atoms with van der Waals surface area (Å²) in [6.45, 7) is 5.52. The zero-order chi connectivity index (χ0) is 20.0. The van der Waals surface area contributed by atoms with Crippen LogP contribution >= 0.6 is 11.8 Å². The highest BCUT2D eigenvalue weighted by molar-refractivity contribution is 7.98. The van der Waals surface area contributed by atoms with E-state index in [1.165, 1.54) is 24.8 Å². The summed E-state index contributed by atoms with van der Waals surface area (Å²) in [7, 11) is -3.75. The fraction of sp³-hybridized carbons (Fsp3) is 0.350. The van der Waals surface area contributed by atoms with E-state index in [2.05, 4.69) is 23.9 Å². The number of anilines is 1. The van der Waals surface area contributed by atoms with Crippen LogP contribution in [0, 0.1) is 5.92 Å². The van der Waals surface area contributed by atoms with E-state index >= 15 is 0 Å². The van der Waals surface area contributed by atoms with E-state index in [4.69, 9.17) is 0 Å². The van der Waals surface area contributed by atoms with Gasteiger partial charge in [0.05, 0.1) is 10.6 Å². The zero-order valence-corrected chi connectivity index (χ0v) is 17.7. The van der Waals surface area contributed by atoms with Crippen LogP contribution in [0.4, 0.5) is 5.69 Å². The molecule has 146 valence electrons. The Balaban J connectivity index is 2.37. The van der Waals surface area contributed by atoms with Gasteiger partial charge in [-0.25, -0.2) is 13.1 Å². The molecular formula is C20H26N2O3S2. The van der Waals surface area contributed by atoms with Crippen molar-refractivity contribution in [1.82, 2.24) is 4.72 Å². The Morgan fingerprint density at radius 1 is 1.11 bits per heavy atom. The largest absolute Gasteiger partial charge is 0.325 e. The smallest absolute Gasteiger partial charge is 0.241 e. The van der Waals surface area contributed by atoms with E-state index in [1.807, 2.05) is 36.6 Å². The van der Waals surface area contributed by atoms with Crippen LogP contribution in [-0.2, 0) is 14.8 Å². The van der Waals surface area contributed by atoms with Crippen molar-refractivity contribution in [2.45, 2.75) is 43.0 Å². The van der Waals surface area contributed by atoms with E-state index in [1.54, 1.807) is 12.1 Å². The second-order valence-electron chi connectivity index (χ2n) is 6.76. The van der Waals surface area contributed by atoms with Crippen LogP contribution in [0.2, 0.25) is 0 Å². The number of sulfonamides is 1. The summed E-state index contributed by atoms with van der Waals surface area (Å²) in [6.07, 6.45) is 2.56. The highest BCUT2D eigenvalue weighted by atomic mass is 32.2. The van der Waals surface area contributed by atoms with Crippen molar-refractivity contribution in [1.29, 1.82) is 0 Å². The average Bonchev–Trinajstić information content (AvgIpc) is 2.60. The summed E-state index contributed by atoms with van der Waals surface area (Å²) in [5.74, 6) is 0.0847. The van der Waals surface area contributed by atoms with Gasteiger partial charge in [-0.15, -0.1) is 11.8 Å². The highest BCUT2D eigenvalue weighted by Crippen LogP contribution is 2.30. The molecule has 0 spiro atoms. The Morgan fingerprint density at radius 3 is 2.33 bits per heavy atom. The quantitative estimate of drug-likeness (QED) is 0.636. The van der Waals surface area contributed by atoms with E-state index in [0.717, 1.165) is 10.5 Å². The molecule has 2 aromatic carbocycles. The third-order valence-electron chi connectivity index (χ3n) is 4.00. The zero-order valence-electron chi connectivity index (χ0n) is 16.0. The third kappa shape index (κ3) is 6.09. The Kier molecular flexibility index (Phi) is 7.47. The molecule has 0 aliphatic rings. The van der Waals surface area contributed by atoms with Gasteiger partial charge in [-0.05, 0) is 42.4 Å². The molecular weight excluding hydrogens is 380 g/mol. The van der Waals surface area contributed by atoms with Crippen LogP contribution in [-0.4, -0.2) is 20.6 Å². The molecule has 7 heteroatoms. The number of amides is 1. The second kappa shape index (κ2) is 9.39. The Hall–Kier alpha value is -1.83. The molecule has 1 amide bonds. The summed E-state index contributed by atoms with van der Waals surface area (Å²) in [5, 5.41) is 2.70. The maximum Gasteiger partial charge on any atom is 0.241 e. The third-order valence-corrected chi connectivity index (χ3v) is 6.26. The molecule has 0 aliphatic heterocycles. The molecule has 1 atom stereocenters. The minimum absolute atomic E-state index is 0.133. The minimum atomic E-state index is -3.75. The van der Waals surface area contributed by atoms with Crippen LogP contribution in [0.1, 0.15) is 38.8 Å². The van der Waals surface area contributed by atoms with Gasteiger partial charge in [0.2, 0.25) is 15.9 Å². The molecule has 0 saturated heterocycles. The molecule has 0 radical (unpaired) electrons. The predicted molar refractivity (Wildman–Crippen MR) is 111 cm³/mol. The Bertz CT molecular complexity index is 881. The molecule has 2 N–H and O–H groups in total. The highest BCUT2D eigenvalue weighted by Gasteiger charge is 2.23. The number of hydrogen-bond donors (Lipinski definition) is 2. The van der Waals surface area contributed by atoms with Crippen molar-refractivity contribution in [2.75, 3.05) is 11.6 Å². The van der Waals surface area contributed by atoms with Gasteiger partial charge in [-0.1, -0.05) is 44.2 Å². The molecule has 2 rings (SSSR count). The number of benzene rings is 2. The fourth-order valence-electron chi connectivity index (χ4n) is 2.81. The van der Waals surface area contributed by atoms with Gasteiger partial charge in [0.25, 0.3) is 0 Å². The van der Waals surface area contributed by atoms with Crippen LogP contribution in [0.25, 0.3) is 0 Å². The van der Waals surface area contributed by atoms with Crippen molar-refractivity contribution >= 4 is 33.4 Å². The first-order valence-corrected chi connectivity index (χ1v) is 11.5. The maximum atomic E-state index is 13.0. The van der Waals surface area contributed by atoms with Gasteiger partial charge >= 0.3 is 0 Å². The lowest BCUT2D eigenvalue weighted by Crippen LogP contribution is -2.29. The lowest BCUT2D eigenvalue weighted by atomic mass is 9.98. The van der Waals surface area contributed by atoms with Crippen molar-refractivity contribution in [3.63, 3.8) is 0 Å². The SMILES string of the molecule is CSc1ccc(S(=O)(=O)N[C@H](CC(C)C)c2ccccc2)cc1NC(C)=O. The minimum Gasteiger partial charge on any atom is -0.325 e. The molecule has 0 aromatic heterocycles. The van der Waals surface area contributed by atoms with Gasteiger partial charge in [0, 0.05) is 17.9 Å². The second-order valence-corrected chi connectivity index (χ2v) is 9.32. The summed E-state index contributed by atoms with van der Waals surface area (Å²) in [6, 6.07) is 14.0.